The van der Waals surface area contributed by atoms with Gasteiger partial charge in [-0.05, 0) is 17.2 Å². The Hall–Kier alpha value is 0.1000. The molecule has 18 heavy (non-hydrogen) atoms. The average Bonchev–Trinajstić information content (AvgIpc) is 2.27. The highest BCUT2D eigenvalue weighted by molar-refractivity contribution is 8.71. The van der Waals surface area contributed by atoms with Crippen molar-refractivity contribution in [2.24, 2.45) is 0 Å². The van der Waals surface area contributed by atoms with Crippen LogP contribution in [0.5, 0.6) is 0 Å². The molecule has 0 saturated carbocycles. The molecule has 108 valence electrons. The van der Waals surface area contributed by atoms with Crippen LogP contribution in [0.25, 0.3) is 0 Å². The van der Waals surface area contributed by atoms with Crippen molar-refractivity contribution in [1.29, 1.82) is 0 Å². The van der Waals surface area contributed by atoms with E-state index in [2.05, 4.69) is 0 Å². The fourth-order valence-electron chi connectivity index (χ4n) is 1.73. The summed E-state index contributed by atoms with van der Waals surface area (Å²) in [6.07, 6.45) is -4.59. The molecule has 1 fully saturated rings. The molecule has 1 aliphatic rings. The van der Waals surface area contributed by atoms with E-state index in [1.54, 1.807) is 0 Å². The Balaban J connectivity index is 2.54. The average molecular weight is 302 g/mol. The van der Waals surface area contributed by atoms with E-state index in [0.717, 1.165) is 6.26 Å². The summed E-state index contributed by atoms with van der Waals surface area (Å²) in [7, 11) is -2.45. The van der Waals surface area contributed by atoms with Gasteiger partial charge in [-0.1, -0.05) is 0 Å². The van der Waals surface area contributed by atoms with Gasteiger partial charge in [-0.2, -0.15) is 0 Å². The SMILES string of the molecule is CS(=O)(=O)SCC[C@@H]1O[C@H](CO)[C@@H](O)[C@H](O)[C@@H]1O. The van der Waals surface area contributed by atoms with Gasteiger partial charge in [-0.3, -0.25) is 0 Å². The minimum absolute atomic E-state index is 0.194. The summed E-state index contributed by atoms with van der Waals surface area (Å²) in [6.45, 7) is -0.485. The first-order valence-corrected chi connectivity index (χ1v) is 8.80. The highest BCUT2D eigenvalue weighted by atomic mass is 33.1. The van der Waals surface area contributed by atoms with E-state index in [-0.39, 0.29) is 12.2 Å². The molecule has 0 amide bonds. The monoisotopic (exact) mass is 302 g/mol. The van der Waals surface area contributed by atoms with Crippen molar-refractivity contribution < 1.29 is 33.6 Å². The summed E-state index contributed by atoms with van der Waals surface area (Å²) in [4.78, 5) is 0. The second kappa shape index (κ2) is 6.51. The Labute approximate surface area is 109 Å². The second-order valence-electron chi connectivity index (χ2n) is 4.18. The molecule has 9 heteroatoms. The minimum Gasteiger partial charge on any atom is -0.394 e. The van der Waals surface area contributed by atoms with Gasteiger partial charge in [0, 0.05) is 12.0 Å². The molecule has 5 atom stereocenters. The lowest BCUT2D eigenvalue weighted by Gasteiger charge is -2.40. The van der Waals surface area contributed by atoms with Gasteiger partial charge >= 0.3 is 0 Å². The standard InChI is InChI=1S/C9H18O7S2/c1-18(14,15)17-3-2-5-7(11)9(13)8(12)6(4-10)16-5/h5-13H,2-4H2,1H3/t5-,6+,7+,8+,9+/m0/s1. The van der Waals surface area contributed by atoms with Crippen LogP contribution in [0.1, 0.15) is 6.42 Å². The van der Waals surface area contributed by atoms with Crippen LogP contribution < -0.4 is 0 Å². The molecule has 0 aromatic heterocycles. The Morgan fingerprint density at radius 1 is 1.11 bits per heavy atom. The van der Waals surface area contributed by atoms with E-state index in [4.69, 9.17) is 9.84 Å². The number of hydrogen-bond donors (Lipinski definition) is 4. The maximum Gasteiger partial charge on any atom is 0.198 e. The molecule has 4 N–H and O–H groups in total. The van der Waals surface area contributed by atoms with Crippen LogP contribution in [-0.2, 0) is 13.6 Å². The first kappa shape index (κ1) is 16.2. The highest BCUT2D eigenvalue weighted by Crippen LogP contribution is 2.25. The van der Waals surface area contributed by atoms with Crippen LogP contribution in [0.2, 0.25) is 0 Å². The molecule has 1 aliphatic heterocycles. The largest absolute Gasteiger partial charge is 0.394 e. The van der Waals surface area contributed by atoms with E-state index in [0.29, 0.717) is 10.8 Å². The molecular formula is C9H18O7S2. The van der Waals surface area contributed by atoms with E-state index in [1.165, 1.54) is 0 Å². The Morgan fingerprint density at radius 3 is 2.17 bits per heavy atom. The lowest BCUT2D eigenvalue weighted by Crippen LogP contribution is -2.58. The van der Waals surface area contributed by atoms with Crippen LogP contribution >= 0.6 is 10.8 Å². The fraction of sp³-hybridized carbons (Fsp3) is 1.00. The lowest BCUT2D eigenvalue weighted by atomic mass is 9.94. The molecule has 1 saturated heterocycles. The maximum absolute atomic E-state index is 10.9. The van der Waals surface area contributed by atoms with E-state index < -0.39 is 46.0 Å². The number of aliphatic hydroxyl groups is 4. The number of aliphatic hydroxyl groups excluding tert-OH is 4. The second-order valence-corrected chi connectivity index (χ2v) is 8.76. The highest BCUT2D eigenvalue weighted by Gasteiger charge is 2.42. The van der Waals surface area contributed by atoms with Crippen molar-refractivity contribution in [1.82, 2.24) is 0 Å². The van der Waals surface area contributed by atoms with Crippen molar-refractivity contribution in [3.63, 3.8) is 0 Å². The van der Waals surface area contributed by atoms with E-state index in [1.807, 2.05) is 0 Å². The van der Waals surface area contributed by atoms with E-state index in [9.17, 15) is 23.7 Å². The number of ether oxygens (including phenoxy) is 1. The van der Waals surface area contributed by atoms with Gasteiger partial charge in [0.05, 0.1) is 12.7 Å². The van der Waals surface area contributed by atoms with Gasteiger partial charge in [0.1, 0.15) is 24.4 Å². The Morgan fingerprint density at radius 2 is 1.67 bits per heavy atom. The smallest absolute Gasteiger partial charge is 0.198 e. The zero-order valence-electron chi connectivity index (χ0n) is 9.84. The van der Waals surface area contributed by atoms with Crippen molar-refractivity contribution in [3.05, 3.63) is 0 Å². The van der Waals surface area contributed by atoms with Gasteiger partial charge in [-0.15, -0.1) is 0 Å². The van der Waals surface area contributed by atoms with Crippen LogP contribution in [0.3, 0.4) is 0 Å². The zero-order chi connectivity index (χ0) is 13.9. The summed E-state index contributed by atoms with van der Waals surface area (Å²) in [5.74, 6) is 0.196. The lowest BCUT2D eigenvalue weighted by molar-refractivity contribution is -0.229. The molecule has 1 heterocycles. The molecular weight excluding hydrogens is 284 g/mol. The van der Waals surface area contributed by atoms with Gasteiger partial charge < -0.3 is 25.2 Å². The third-order valence-electron chi connectivity index (χ3n) is 2.69. The molecule has 0 bridgehead atoms. The first-order chi connectivity index (χ1) is 8.26. The fourth-order valence-corrected chi connectivity index (χ4v) is 3.56. The predicted molar refractivity (Wildman–Crippen MR) is 65.7 cm³/mol. The first-order valence-electron chi connectivity index (χ1n) is 5.41. The third kappa shape index (κ3) is 4.34. The van der Waals surface area contributed by atoms with Gasteiger partial charge in [0.2, 0.25) is 0 Å². The summed E-state index contributed by atoms with van der Waals surface area (Å²) in [5.41, 5.74) is 0. The molecule has 0 aromatic rings. The molecule has 0 aliphatic carbocycles. The van der Waals surface area contributed by atoms with Crippen LogP contribution in [-0.4, -0.2) is 78.0 Å². The van der Waals surface area contributed by atoms with Crippen molar-refractivity contribution in [2.75, 3.05) is 18.6 Å². The maximum atomic E-state index is 10.9. The molecule has 0 spiro atoms. The summed E-state index contributed by atoms with van der Waals surface area (Å²) in [5, 5.41) is 37.7. The zero-order valence-corrected chi connectivity index (χ0v) is 11.5. The Kier molecular flexibility index (Phi) is 5.84. The minimum atomic E-state index is -3.17. The summed E-state index contributed by atoms with van der Waals surface area (Å²) < 4.78 is 27.1. The van der Waals surface area contributed by atoms with Crippen molar-refractivity contribution >= 4 is 19.7 Å². The van der Waals surface area contributed by atoms with E-state index >= 15 is 0 Å². The van der Waals surface area contributed by atoms with Crippen LogP contribution in [0.15, 0.2) is 0 Å². The number of hydrogen-bond acceptors (Lipinski definition) is 8. The predicted octanol–water partition coefficient (Wildman–Crippen LogP) is -2.09. The van der Waals surface area contributed by atoms with Crippen LogP contribution in [0.4, 0.5) is 0 Å². The molecule has 0 aromatic carbocycles. The van der Waals surface area contributed by atoms with Gasteiger partial charge in [-0.25, -0.2) is 8.42 Å². The van der Waals surface area contributed by atoms with Crippen molar-refractivity contribution in [3.8, 4) is 0 Å². The Bertz CT molecular complexity index is 356. The molecule has 0 radical (unpaired) electrons. The molecule has 0 unspecified atom stereocenters. The topological polar surface area (TPSA) is 124 Å². The normalized spacial score (nSPS) is 37.7. The van der Waals surface area contributed by atoms with Crippen LogP contribution in [0, 0.1) is 0 Å². The quantitative estimate of drug-likeness (QED) is 0.426. The third-order valence-corrected chi connectivity index (χ3v) is 5.31. The summed E-state index contributed by atoms with van der Waals surface area (Å²) in [6, 6.07) is 0. The summed E-state index contributed by atoms with van der Waals surface area (Å²) >= 11 is 0. The molecule has 1 rings (SSSR count). The van der Waals surface area contributed by atoms with Gasteiger partial charge in [0.25, 0.3) is 0 Å². The van der Waals surface area contributed by atoms with Crippen molar-refractivity contribution in [2.45, 2.75) is 36.9 Å². The number of rotatable bonds is 5. The molecule has 7 nitrogen and oxygen atoms in total. The van der Waals surface area contributed by atoms with Gasteiger partial charge in [0.15, 0.2) is 8.87 Å².